The molecule has 0 aliphatic heterocycles. The van der Waals surface area contributed by atoms with Crippen LogP contribution in [0.4, 0.5) is 11.1 Å². The number of aryl methyl sites for hydroxylation is 1. The summed E-state index contributed by atoms with van der Waals surface area (Å²) in [6, 6.07) is 0. The number of anilines is 2. The van der Waals surface area contributed by atoms with E-state index in [1.165, 1.54) is 17.5 Å². The fraction of sp³-hybridized carbons (Fsp3) is 0.385. The summed E-state index contributed by atoms with van der Waals surface area (Å²) in [6.45, 7) is 7.91. The van der Waals surface area contributed by atoms with Crippen LogP contribution < -0.4 is 5.32 Å². The van der Waals surface area contributed by atoms with E-state index in [0.29, 0.717) is 16.8 Å². The van der Waals surface area contributed by atoms with Crippen LogP contribution in [-0.2, 0) is 5.41 Å². The maximum atomic E-state index is 10.9. The van der Waals surface area contributed by atoms with Gasteiger partial charge in [0.1, 0.15) is 0 Å². The van der Waals surface area contributed by atoms with Crippen LogP contribution in [0.5, 0.6) is 0 Å². The van der Waals surface area contributed by atoms with Gasteiger partial charge in [-0.3, -0.25) is 0 Å². The van der Waals surface area contributed by atoms with Crippen LogP contribution in [0.2, 0.25) is 0 Å². The summed E-state index contributed by atoms with van der Waals surface area (Å²) >= 11 is 1.47. The lowest BCUT2D eigenvalue weighted by molar-refractivity contribution is 0.0695. The van der Waals surface area contributed by atoms with Gasteiger partial charge in [0.25, 0.3) is 0 Å². The van der Waals surface area contributed by atoms with E-state index in [1.54, 1.807) is 6.92 Å². The molecule has 0 unspecified atom stereocenters. The monoisotopic (exact) mass is 292 g/mol. The maximum absolute atomic E-state index is 10.9. The normalized spacial score (nSPS) is 11.4. The van der Waals surface area contributed by atoms with Gasteiger partial charge in [-0.05, 0) is 6.92 Å². The molecule has 20 heavy (non-hydrogen) atoms. The molecule has 2 aromatic heterocycles. The molecule has 0 saturated heterocycles. The van der Waals surface area contributed by atoms with Crippen molar-refractivity contribution < 1.29 is 9.90 Å². The van der Waals surface area contributed by atoms with E-state index < -0.39 is 5.97 Å². The minimum absolute atomic E-state index is 0.0135. The molecule has 6 nitrogen and oxygen atoms in total. The molecule has 2 heterocycles. The van der Waals surface area contributed by atoms with Crippen LogP contribution in [0.15, 0.2) is 11.6 Å². The zero-order valence-corrected chi connectivity index (χ0v) is 12.6. The minimum atomic E-state index is -1.03. The van der Waals surface area contributed by atoms with Crippen molar-refractivity contribution in [2.45, 2.75) is 33.1 Å². The summed E-state index contributed by atoms with van der Waals surface area (Å²) in [7, 11) is 0. The zero-order chi connectivity index (χ0) is 14.9. The molecule has 0 atom stereocenters. The number of hydrogen-bond acceptors (Lipinski definition) is 6. The molecule has 0 aromatic carbocycles. The number of nitrogens with one attached hydrogen (secondary N) is 1. The van der Waals surface area contributed by atoms with Crippen molar-refractivity contribution in [3.8, 4) is 0 Å². The lowest BCUT2D eigenvalue weighted by Gasteiger charge is -2.14. The van der Waals surface area contributed by atoms with Crippen molar-refractivity contribution >= 4 is 28.4 Å². The van der Waals surface area contributed by atoms with Gasteiger partial charge in [-0.15, -0.1) is 11.3 Å². The molecule has 0 radical (unpaired) electrons. The summed E-state index contributed by atoms with van der Waals surface area (Å²) in [5, 5.41) is 14.6. The highest BCUT2D eigenvalue weighted by atomic mass is 32.1. The molecule has 2 rings (SSSR count). The molecule has 0 amide bonds. The van der Waals surface area contributed by atoms with Gasteiger partial charge in [-0.25, -0.2) is 19.7 Å². The Morgan fingerprint density at radius 2 is 2.05 bits per heavy atom. The Labute approximate surface area is 120 Å². The topological polar surface area (TPSA) is 88.0 Å². The highest BCUT2D eigenvalue weighted by Crippen LogP contribution is 2.27. The van der Waals surface area contributed by atoms with Crippen LogP contribution in [-0.4, -0.2) is 26.0 Å². The predicted molar refractivity (Wildman–Crippen MR) is 77.8 cm³/mol. The van der Waals surface area contributed by atoms with Gasteiger partial charge in [-0.1, -0.05) is 20.8 Å². The number of aromatic nitrogens is 3. The second-order valence-corrected chi connectivity index (χ2v) is 6.27. The average Bonchev–Trinajstić information content (AvgIpc) is 2.76. The van der Waals surface area contributed by atoms with E-state index in [1.807, 2.05) is 5.38 Å². The third kappa shape index (κ3) is 3.11. The van der Waals surface area contributed by atoms with Gasteiger partial charge < -0.3 is 10.4 Å². The summed E-state index contributed by atoms with van der Waals surface area (Å²) < 4.78 is 0. The van der Waals surface area contributed by atoms with E-state index in [0.717, 1.165) is 5.69 Å². The van der Waals surface area contributed by atoms with E-state index >= 15 is 0 Å². The minimum Gasteiger partial charge on any atom is -0.478 e. The Balaban J connectivity index is 2.20. The molecule has 0 fully saturated rings. The Morgan fingerprint density at radius 1 is 1.35 bits per heavy atom. The number of hydrogen-bond donors (Lipinski definition) is 2. The van der Waals surface area contributed by atoms with Crippen LogP contribution in [0.1, 0.15) is 42.5 Å². The van der Waals surface area contributed by atoms with Gasteiger partial charge in [0.05, 0.1) is 17.0 Å². The highest BCUT2D eigenvalue weighted by Gasteiger charge is 2.18. The van der Waals surface area contributed by atoms with Crippen molar-refractivity contribution in [3.63, 3.8) is 0 Å². The summed E-state index contributed by atoms with van der Waals surface area (Å²) in [5.41, 5.74) is 1.50. The van der Waals surface area contributed by atoms with Crippen molar-refractivity contribution in [3.05, 3.63) is 28.5 Å². The van der Waals surface area contributed by atoms with Crippen molar-refractivity contribution in [2.75, 3.05) is 5.32 Å². The Bertz CT molecular complexity index is 646. The van der Waals surface area contributed by atoms with Gasteiger partial charge in [-0.2, -0.15) is 0 Å². The quantitative estimate of drug-likeness (QED) is 0.904. The van der Waals surface area contributed by atoms with Gasteiger partial charge in [0, 0.05) is 17.0 Å². The number of rotatable bonds is 3. The smallest absolute Gasteiger partial charge is 0.339 e. The highest BCUT2D eigenvalue weighted by molar-refractivity contribution is 7.13. The van der Waals surface area contributed by atoms with E-state index in [9.17, 15) is 4.79 Å². The second-order valence-electron chi connectivity index (χ2n) is 5.41. The lowest BCUT2D eigenvalue weighted by Crippen LogP contribution is -2.11. The SMILES string of the molecule is Cc1nc(Nc2nc(C(C)(C)C)cs2)ncc1C(=O)O. The molecule has 2 aromatic rings. The van der Waals surface area contributed by atoms with Crippen molar-refractivity contribution in [2.24, 2.45) is 0 Å². The Kier molecular flexibility index (Phi) is 3.71. The number of carboxylic acid groups (broad SMARTS) is 1. The maximum Gasteiger partial charge on any atom is 0.339 e. The van der Waals surface area contributed by atoms with Crippen LogP contribution in [0, 0.1) is 6.92 Å². The third-order valence-electron chi connectivity index (χ3n) is 2.70. The van der Waals surface area contributed by atoms with E-state index in [2.05, 4.69) is 41.0 Å². The fourth-order valence-corrected chi connectivity index (χ4v) is 2.44. The first-order chi connectivity index (χ1) is 9.27. The van der Waals surface area contributed by atoms with Crippen LogP contribution >= 0.6 is 11.3 Å². The number of aromatic carboxylic acids is 1. The first-order valence-electron chi connectivity index (χ1n) is 6.07. The molecule has 0 spiro atoms. The van der Waals surface area contributed by atoms with Gasteiger partial charge >= 0.3 is 5.97 Å². The van der Waals surface area contributed by atoms with Crippen LogP contribution in [0.25, 0.3) is 0 Å². The first kappa shape index (κ1) is 14.4. The second kappa shape index (κ2) is 5.16. The average molecular weight is 292 g/mol. The first-order valence-corrected chi connectivity index (χ1v) is 6.95. The van der Waals surface area contributed by atoms with E-state index in [4.69, 9.17) is 5.11 Å². The summed E-state index contributed by atoms with van der Waals surface area (Å²) in [6.07, 6.45) is 1.30. The summed E-state index contributed by atoms with van der Waals surface area (Å²) in [5.74, 6) is -0.680. The molecule has 2 N–H and O–H groups in total. The molecule has 0 saturated carbocycles. The molecule has 0 aliphatic carbocycles. The largest absolute Gasteiger partial charge is 0.478 e. The lowest BCUT2D eigenvalue weighted by atomic mass is 9.93. The number of thiazole rings is 1. The number of carbonyl (C=O) groups is 1. The third-order valence-corrected chi connectivity index (χ3v) is 3.46. The zero-order valence-electron chi connectivity index (χ0n) is 11.8. The number of carboxylic acids is 1. The predicted octanol–water partition coefficient (Wildman–Crippen LogP) is 2.98. The van der Waals surface area contributed by atoms with E-state index in [-0.39, 0.29) is 11.0 Å². The Morgan fingerprint density at radius 3 is 2.55 bits per heavy atom. The molecule has 0 aliphatic rings. The molecule has 106 valence electrons. The summed E-state index contributed by atoms with van der Waals surface area (Å²) in [4.78, 5) is 23.5. The molecule has 7 heteroatoms. The Hall–Kier alpha value is -2.02. The fourth-order valence-electron chi connectivity index (χ4n) is 1.51. The standard InChI is InChI=1S/C13H16N4O2S/c1-7-8(10(18)19)5-14-11(15-7)17-12-16-9(6-20-12)13(2,3)4/h5-6H,1-4H3,(H,18,19)(H,14,15,16,17). The van der Waals surface area contributed by atoms with Crippen LogP contribution in [0.3, 0.4) is 0 Å². The number of nitrogens with zero attached hydrogens (tertiary/aromatic N) is 3. The van der Waals surface area contributed by atoms with Gasteiger partial charge in [0.2, 0.25) is 5.95 Å². The van der Waals surface area contributed by atoms with Crippen molar-refractivity contribution in [1.82, 2.24) is 15.0 Å². The molecular weight excluding hydrogens is 276 g/mol. The molecule has 0 bridgehead atoms. The van der Waals surface area contributed by atoms with Crippen molar-refractivity contribution in [1.29, 1.82) is 0 Å². The molecular formula is C13H16N4O2S. The van der Waals surface area contributed by atoms with Gasteiger partial charge in [0.15, 0.2) is 5.13 Å².